The highest BCUT2D eigenvalue weighted by molar-refractivity contribution is 5.93. The van der Waals surface area contributed by atoms with Gasteiger partial charge in [-0.05, 0) is 25.7 Å². The number of hydrogen-bond acceptors (Lipinski definition) is 4. The number of carbonyl (C=O) groups is 1. The number of hydrogen-bond donors (Lipinski definition) is 1. The number of carbonyl (C=O) groups excluding carboxylic acids is 1. The van der Waals surface area contributed by atoms with Gasteiger partial charge < -0.3 is 15.0 Å². The third-order valence-electron chi connectivity index (χ3n) is 5.15. The predicted molar refractivity (Wildman–Crippen MR) is 94.0 cm³/mol. The van der Waals surface area contributed by atoms with Crippen LogP contribution < -0.4 is 5.32 Å². The van der Waals surface area contributed by atoms with E-state index in [9.17, 15) is 4.79 Å². The van der Waals surface area contributed by atoms with Crippen molar-refractivity contribution in [2.75, 3.05) is 31.6 Å². The second-order valence-corrected chi connectivity index (χ2v) is 7.98. The topological polar surface area (TPSA) is 59.4 Å². The Balaban J connectivity index is 1.59. The molecule has 2 fully saturated rings. The number of nitrogens with zero attached hydrogens (tertiary/aromatic N) is 3. The highest BCUT2D eigenvalue weighted by Gasteiger charge is 2.29. The zero-order chi connectivity index (χ0) is 17.2. The summed E-state index contributed by atoms with van der Waals surface area (Å²) in [5, 5.41) is 7.51. The second-order valence-electron chi connectivity index (χ2n) is 7.98. The van der Waals surface area contributed by atoms with Crippen molar-refractivity contribution in [1.82, 2.24) is 14.7 Å². The number of rotatable bonds is 3. The summed E-state index contributed by atoms with van der Waals surface area (Å²) in [6.07, 6.45) is 6.25. The first kappa shape index (κ1) is 17.4. The maximum Gasteiger partial charge on any atom is 0.230 e. The van der Waals surface area contributed by atoms with Crippen LogP contribution in [0, 0.1) is 5.41 Å². The van der Waals surface area contributed by atoms with Crippen molar-refractivity contribution in [3.63, 3.8) is 0 Å². The first-order valence-electron chi connectivity index (χ1n) is 9.12. The molecule has 0 radical (unpaired) electrons. The summed E-state index contributed by atoms with van der Waals surface area (Å²) in [5.74, 6) is 0.850. The van der Waals surface area contributed by atoms with Crippen LogP contribution in [0.15, 0.2) is 12.3 Å². The Kier molecular flexibility index (Phi) is 5.25. The minimum Gasteiger partial charge on any atom is -0.381 e. The summed E-state index contributed by atoms with van der Waals surface area (Å²) in [6, 6.07) is 2.94. The summed E-state index contributed by atoms with van der Waals surface area (Å²) in [4.78, 5) is 14.9. The molecule has 0 aromatic carbocycles. The molecule has 0 spiro atoms. The monoisotopic (exact) mass is 334 g/mol. The van der Waals surface area contributed by atoms with Gasteiger partial charge in [-0.2, -0.15) is 5.10 Å². The van der Waals surface area contributed by atoms with E-state index in [1.807, 2.05) is 31.5 Å². The normalized spacial score (nSPS) is 21.8. The standard InChI is InChI=1S/C18H30N4O2/c1-18(2,3)17(23)20-16-4-9-19-22(16)15-5-10-21(11-6-15)14-7-12-24-13-8-14/h4,9,14-15H,5-8,10-13H2,1-3H3,(H,20,23). The molecule has 1 aromatic rings. The van der Waals surface area contributed by atoms with E-state index in [0.29, 0.717) is 12.1 Å². The van der Waals surface area contributed by atoms with Gasteiger partial charge in [-0.25, -0.2) is 4.68 Å². The Morgan fingerprint density at radius 2 is 1.83 bits per heavy atom. The predicted octanol–water partition coefficient (Wildman–Crippen LogP) is 2.68. The van der Waals surface area contributed by atoms with Crippen LogP contribution >= 0.6 is 0 Å². The molecule has 24 heavy (non-hydrogen) atoms. The third kappa shape index (κ3) is 3.98. The number of anilines is 1. The van der Waals surface area contributed by atoms with E-state index < -0.39 is 5.41 Å². The molecule has 6 nitrogen and oxygen atoms in total. The minimum absolute atomic E-state index is 0.0314. The van der Waals surface area contributed by atoms with Crippen molar-refractivity contribution in [2.45, 2.75) is 58.5 Å². The molecule has 1 N–H and O–H groups in total. The number of piperidine rings is 1. The molecular formula is C18H30N4O2. The molecule has 3 heterocycles. The molecule has 0 bridgehead atoms. The molecule has 1 aromatic heterocycles. The number of aromatic nitrogens is 2. The van der Waals surface area contributed by atoms with E-state index in [-0.39, 0.29) is 5.91 Å². The molecule has 0 atom stereocenters. The molecule has 3 rings (SSSR count). The summed E-state index contributed by atoms with van der Waals surface area (Å²) in [5.41, 5.74) is -0.401. The largest absolute Gasteiger partial charge is 0.381 e. The SMILES string of the molecule is CC(C)(C)C(=O)Nc1ccnn1C1CCN(C2CCOCC2)CC1. The molecular weight excluding hydrogens is 304 g/mol. The van der Waals surface area contributed by atoms with E-state index in [2.05, 4.69) is 15.3 Å². The summed E-state index contributed by atoms with van der Waals surface area (Å²) >= 11 is 0. The van der Waals surface area contributed by atoms with Gasteiger partial charge in [-0.1, -0.05) is 20.8 Å². The first-order valence-corrected chi connectivity index (χ1v) is 9.12. The lowest BCUT2D eigenvalue weighted by molar-refractivity contribution is -0.123. The number of likely N-dealkylation sites (tertiary alicyclic amines) is 1. The summed E-state index contributed by atoms with van der Waals surface area (Å²) in [7, 11) is 0. The first-order chi connectivity index (χ1) is 11.4. The highest BCUT2D eigenvalue weighted by Crippen LogP contribution is 2.29. The van der Waals surface area contributed by atoms with E-state index in [0.717, 1.165) is 57.8 Å². The Morgan fingerprint density at radius 1 is 1.17 bits per heavy atom. The van der Waals surface area contributed by atoms with Crippen LogP contribution in [0.5, 0.6) is 0 Å². The quantitative estimate of drug-likeness (QED) is 0.923. The Bertz CT molecular complexity index is 550. The number of ether oxygens (including phenoxy) is 1. The van der Waals surface area contributed by atoms with Crippen molar-refractivity contribution in [3.8, 4) is 0 Å². The fourth-order valence-corrected chi connectivity index (χ4v) is 3.55. The van der Waals surface area contributed by atoms with E-state index in [4.69, 9.17) is 4.74 Å². The van der Waals surface area contributed by atoms with Crippen molar-refractivity contribution in [1.29, 1.82) is 0 Å². The van der Waals surface area contributed by atoms with Crippen molar-refractivity contribution < 1.29 is 9.53 Å². The van der Waals surface area contributed by atoms with Crippen LogP contribution in [0.25, 0.3) is 0 Å². The van der Waals surface area contributed by atoms with Crippen LogP contribution in [-0.2, 0) is 9.53 Å². The van der Waals surface area contributed by atoms with Crippen LogP contribution in [0.4, 0.5) is 5.82 Å². The van der Waals surface area contributed by atoms with Gasteiger partial charge in [-0.15, -0.1) is 0 Å². The van der Waals surface area contributed by atoms with Crippen LogP contribution in [0.2, 0.25) is 0 Å². The summed E-state index contributed by atoms with van der Waals surface area (Å²) < 4.78 is 7.47. The molecule has 0 unspecified atom stereocenters. The molecule has 0 saturated carbocycles. The Hall–Kier alpha value is -1.40. The molecule has 6 heteroatoms. The van der Waals surface area contributed by atoms with Crippen molar-refractivity contribution in [2.24, 2.45) is 5.41 Å². The summed E-state index contributed by atoms with van der Waals surface area (Å²) in [6.45, 7) is 9.77. The van der Waals surface area contributed by atoms with Crippen molar-refractivity contribution >= 4 is 11.7 Å². The highest BCUT2D eigenvalue weighted by atomic mass is 16.5. The molecule has 2 aliphatic heterocycles. The maximum absolute atomic E-state index is 12.3. The minimum atomic E-state index is -0.401. The maximum atomic E-state index is 12.3. The van der Waals surface area contributed by atoms with Gasteiger partial charge in [0, 0.05) is 43.8 Å². The Morgan fingerprint density at radius 3 is 2.46 bits per heavy atom. The van der Waals surface area contributed by atoms with E-state index in [1.54, 1.807) is 6.20 Å². The van der Waals surface area contributed by atoms with Gasteiger partial charge in [-0.3, -0.25) is 4.79 Å². The average molecular weight is 334 g/mol. The fraction of sp³-hybridized carbons (Fsp3) is 0.778. The van der Waals surface area contributed by atoms with Crippen LogP contribution in [0.3, 0.4) is 0 Å². The second kappa shape index (κ2) is 7.23. The third-order valence-corrected chi connectivity index (χ3v) is 5.15. The fourth-order valence-electron chi connectivity index (χ4n) is 3.55. The molecule has 0 aliphatic carbocycles. The van der Waals surface area contributed by atoms with Crippen molar-refractivity contribution in [3.05, 3.63) is 12.3 Å². The molecule has 134 valence electrons. The molecule has 1 amide bonds. The smallest absolute Gasteiger partial charge is 0.230 e. The van der Waals surface area contributed by atoms with E-state index >= 15 is 0 Å². The molecule has 2 aliphatic rings. The van der Waals surface area contributed by atoms with Gasteiger partial charge in [0.15, 0.2) is 0 Å². The zero-order valence-corrected chi connectivity index (χ0v) is 15.1. The number of amides is 1. The van der Waals surface area contributed by atoms with Gasteiger partial charge >= 0.3 is 0 Å². The van der Waals surface area contributed by atoms with Crippen LogP contribution in [-0.4, -0.2) is 52.9 Å². The van der Waals surface area contributed by atoms with Gasteiger partial charge in [0.1, 0.15) is 5.82 Å². The van der Waals surface area contributed by atoms with Gasteiger partial charge in [0.2, 0.25) is 5.91 Å². The lowest BCUT2D eigenvalue weighted by atomic mass is 9.96. The van der Waals surface area contributed by atoms with E-state index in [1.165, 1.54) is 0 Å². The lowest BCUT2D eigenvalue weighted by Gasteiger charge is -2.39. The number of nitrogens with one attached hydrogen (secondary N) is 1. The average Bonchev–Trinajstić information content (AvgIpc) is 3.03. The zero-order valence-electron chi connectivity index (χ0n) is 15.1. The Labute approximate surface area is 144 Å². The molecule has 2 saturated heterocycles. The lowest BCUT2D eigenvalue weighted by Crippen LogP contribution is -2.44. The van der Waals surface area contributed by atoms with Crippen LogP contribution in [0.1, 0.15) is 52.5 Å². The van der Waals surface area contributed by atoms with Gasteiger partial charge in [0.25, 0.3) is 0 Å². The van der Waals surface area contributed by atoms with Gasteiger partial charge in [0.05, 0.1) is 12.2 Å².